The van der Waals surface area contributed by atoms with Gasteiger partial charge >= 0.3 is 0 Å². The van der Waals surface area contributed by atoms with Crippen molar-refractivity contribution in [1.82, 2.24) is 0 Å². The van der Waals surface area contributed by atoms with Gasteiger partial charge in [0.15, 0.2) is 0 Å². The van der Waals surface area contributed by atoms with Crippen LogP contribution in [0.5, 0.6) is 0 Å². The first-order chi connectivity index (χ1) is 10.6. The van der Waals surface area contributed by atoms with Gasteiger partial charge in [0, 0.05) is 25.5 Å². The lowest BCUT2D eigenvalue weighted by atomic mass is 10.1. The highest BCUT2D eigenvalue weighted by molar-refractivity contribution is 8.00. The molecule has 0 aliphatic carbocycles. The van der Waals surface area contributed by atoms with Crippen LogP contribution in [0.4, 0.5) is 15.8 Å². The minimum Gasteiger partial charge on any atom is -0.378 e. The van der Waals surface area contributed by atoms with Gasteiger partial charge in [-0.1, -0.05) is 12.1 Å². The zero-order valence-corrected chi connectivity index (χ0v) is 13.3. The zero-order valence-electron chi connectivity index (χ0n) is 12.5. The number of carbonyl (C=O) groups is 1. The third kappa shape index (κ3) is 2.81. The summed E-state index contributed by atoms with van der Waals surface area (Å²) < 4.78 is 13.1. The minimum atomic E-state index is -0.296. The van der Waals surface area contributed by atoms with Gasteiger partial charge in [-0.3, -0.25) is 9.69 Å². The van der Waals surface area contributed by atoms with E-state index in [0.29, 0.717) is 5.75 Å². The third-order valence-electron chi connectivity index (χ3n) is 3.67. The van der Waals surface area contributed by atoms with Gasteiger partial charge in [-0.25, -0.2) is 4.39 Å². The zero-order chi connectivity index (χ0) is 15.7. The van der Waals surface area contributed by atoms with E-state index in [1.54, 1.807) is 28.8 Å². The quantitative estimate of drug-likeness (QED) is 0.863. The maximum atomic E-state index is 13.1. The van der Waals surface area contributed by atoms with E-state index in [2.05, 4.69) is 0 Å². The predicted molar refractivity (Wildman–Crippen MR) is 89.9 cm³/mol. The Bertz CT molecular complexity index is 670. The third-order valence-corrected chi connectivity index (χ3v) is 4.88. The van der Waals surface area contributed by atoms with Crippen LogP contribution in [0, 0.1) is 5.82 Å². The van der Waals surface area contributed by atoms with Crippen LogP contribution < -0.4 is 9.80 Å². The fraction of sp³-hybridized carbons (Fsp3) is 0.235. The van der Waals surface area contributed by atoms with Gasteiger partial charge in [0.1, 0.15) is 11.2 Å². The summed E-state index contributed by atoms with van der Waals surface area (Å²) in [7, 11) is 3.99. The molecule has 1 aliphatic rings. The van der Waals surface area contributed by atoms with E-state index in [-0.39, 0.29) is 17.1 Å². The van der Waals surface area contributed by atoms with Crippen LogP contribution in [0.1, 0.15) is 10.9 Å². The number of benzene rings is 2. The molecule has 1 aliphatic heterocycles. The van der Waals surface area contributed by atoms with Crippen LogP contribution in [0.2, 0.25) is 0 Å². The number of anilines is 2. The molecule has 0 saturated carbocycles. The number of hydrogen-bond acceptors (Lipinski definition) is 3. The molecule has 0 N–H and O–H groups in total. The van der Waals surface area contributed by atoms with Gasteiger partial charge < -0.3 is 4.90 Å². The van der Waals surface area contributed by atoms with E-state index in [1.807, 2.05) is 43.3 Å². The lowest BCUT2D eigenvalue weighted by Gasteiger charge is -2.25. The average Bonchev–Trinajstić information content (AvgIpc) is 2.90. The summed E-state index contributed by atoms with van der Waals surface area (Å²) in [6, 6.07) is 14.3. The Morgan fingerprint density at radius 1 is 1.09 bits per heavy atom. The topological polar surface area (TPSA) is 23.6 Å². The number of halogens is 1. The number of amides is 1. The summed E-state index contributed by atoms with van der Waals surface area (Å²) in [6.45, 7) is 0. The van der Waals surface area contributed by atoms with Gasteiger partial charge in [-0.05, 0) is 42.0 Å². The molecule has 1 heterocycles. The van der Waals surface area contributed by atoms with Crippen LogP contribution in [-0.2, 0) is 4.79 Å². The molecule has 1 fully saturated rings. The molecule has 1 atom stereocenters. The van der Waals surface area contributed by atoms with Gasteiger partial charge in [0.2, 0.25) is 5.91 Å². The molecule has 22 heavy (non-hydrogen) atoms. The molecule has 2 aromatic carbocycles. The number of rotatable bonds is 3. The molecule has 1 saturated heterocycles. The molecule has 0 spiro atoms. The second kappa shape index (κ2) is 6.01. The molecule has 0 aromatic heterocycles. The van der Waals surface area contributed by atoms with E-state index in [1.165, 1.54) is 12.1 Å². The Morgan fingerprint density at radius 3 is 2.32 bits per heavy atom. The summed E-state index contributed by atoms with van der Waals surface area (Å²) in [6.07, 6.45) is 0. The van der Waals surface area contributed by atoms with Crippen molar-refractivity contribution in [3.05, 3.63) is 59.9 Å². The Labute approximate surface area is 133 Å². The summed E-state index contributed by atoms with van der Waals surface area (Å²) in [4.78, 5) is 16.0. The Balaban J connectivity index is 1.91. The smallest absolute Gasteiger partial charge is 0.238 e. The highest BCUT2D eigenvalue weighted by Gasteiger charge is 2.33. The van der Waals surface area contributed by atoms with E-state index in [4.69, 9.17) is 0 Å². The van der Waals surface area contributed by atoms with Crippen molar-refractivity contribution in [3.8, 4) is 0 Å². The molecule has 5 heteroatoms. The van der Waals surface area contributed by atoms with Crippen molar-refractivity contribution < 1.29 is 9.18 Å². The minimum absolute atomic E-state index is 0.0540. The first kappa shape index (κ1) is 14.9. The maximum Gasteiger partial charge on any atom is 0.238 e. The van der Waals surface area contributed by atoms with E-state index >= 15 is 0 Å². The second-order valence-electron chi connectivity index (χ2n) is 5.39. The predicted octanol–water partition coefficient (Wildman–Crippen LogP) is 3.67. The number of thioether (sulfide) groups is 1. The van der Waals surface area contributed by atoms with Gasteiger partial charge in [-0.2, -0.15) is 0 Å². The van der Waals surface area contributed by atoms with Crippen molar-refractivity contribution >= 4 is 29.0 Å². The molecule has 3 rings (SSSR count). The normalized spacial score (nSPS) is 17.9. The van der Waals surface area contributed by atoms with Crippen molar-refractivity contribution in [2.24, 2.45) is 0 Å². The Hall–Kier alpha value is -2.01. The summed E-state index contributed by atoms with van der Waals surface area (Å²) in [5.41, 5.74) is 2.93. The average molecular weight is 316 g/mol. The van der Waals surface area contributed by atoms with E-state index in [9.17, 15) is 9.18 Å². The Morgan fingerprint density at radius 2 is 1.73 bits per heavy atom. The molecule has 3 nitrogen and oxygen atoms in total. The fourth-order valence-corrected chi connectivity index (χ4v) is 3.67. The first-order valence-corrected chi connectivity index (χ1v) is 8.07. The Kier molecular flexibility index (Phi) is 4.07. The fourth-order valence-electron chi connectivity index (χ4n) is 2.49. The largest absolute Gasteiger partial charge is 0.378 e. The molecular weight excluding hydrogens is 299 g/mol. The molecular formula is C17H17FN2OS. The van der Waals surface area contributed by atoms with E-state index in [0.717, 1.165) is 16.9 Å². The van der Waals surface area contributed by atoms with Crippen LogP contribution in [0.15, 0.2) is 48.5 Å². The van der Waals surface area contributed by atoms with Gasteiger partial charge in [-0.15, -0.1) is 11.8 Å². The van der Waals surface area contributed by atoms with Crippen LogP contribution >= 0.6 is 11.8 Å². The summed E-state index contributed by atoms with van der Waals surface area (Å²) in [5, 5.41) is -0.0610. The molecule has 1 amide bonds. The monoisotopic (exact) mass is 316 g/mol. The standard InChI is InChI=1S/C17H17FN2OS/c1-19(2)14-7-3-12(4-8-14)17-20(16(21)11-22-17)15-9-5-13(18)6-10-15/h3-10,17H,11H2,1-2H3. The van der Waals surface area contributed by atoms with Crippen molar-refractivity contribution in [1.29, 1.82) is 0 Å². The SMILES string of the molecule is CN(C)c1ccc(C2SCC(=O)N2c2ccc(F)cc2)cc1. The molecule has 0 bridgehead atoms. The molecule has 2 aromatic rings. The van der Waals surface area contributed by atoms with Gasteiger partial charge in [0.25, 0.3) is 0 Å². The highest BCUT2D eigenvalue weighted by Crippen LogP contribution is 2.41. The first-order valence-electron chi connectivity index (χ1n) is 7.03. The molecule has 114 valence electrons. The van der Waals surface area contributed by atoms with Crippen LogP contribution in [0.3, 0.4) is 0 Å². The van der Waals surface area contributed by atoms with Crippen molar-refractivity contribution in [3.63, 3.8) is 0 Å². The van der Waals surface area contributed by atoms with E-state index < -0.39 is 0 Å². The second-order valence-corrected chi connectivity index (χ2v) is 6.46. The highest BCUT2D eigenvalue weighted by atomic mass is 32.2. The lowest BCUT2D eigenvalue weighted by molar-refractivity contribution is -0.115. The van der Waals surface area contributed by atoms with Crippen LogP contribution in [-0.4, -0.2) is 25.8 Å². The summed E-state index contributed by atoms with van der Waals surface area (Å²) >= 11 is 1.59. The lowest BCUT2D eigenvalue weighted by Crippen LogP contribution is -2.27. The van der Waals surface area contributed by atoms with Crippen molar-refractivity contribution in [2.75, 3.05) is 29.6 Å². The van der Waals surface area contributed by atoms with Crippen molar-refractivity contribution in [2.45, 2.75) is 5.37 Å². The number of nitrogens with zero attached hydrogens (tertiary/aromatic N) is 2. The summed E-state index contributed by atoms with van der Waals surface area (Å²) in [5.74, 6) is 0.200. The number of hydrogen-bond donors (Lipinski definition) is 0. The van der Waals surface area contributed by atoms with Gasteiger partial charge in [0.05, 0.1) is 5.75 Å². The maximum absolute atomic E-state index is 13.1. The molecule has 1 unspecified atom stereocenters. The van der Waals surface area contributed by atoms with Crippen LogP contribution in [0.25, 0.3) is 0 Å². The number of carbonyl (C=O) groups excluding carboxylic acids is 1. The molecule has 0 radical (unpaired) electrons.